The summed E-state index contributed by atoms with van der Waals surface area (Å²) in [5.41, 5.74) is 0. The van der Waals surface area contributed by atoms with Crippen molar-refractivity contribution in [2.45, 2.75) is 42.9 Å². The van der Waals surface area contributed by atoms with E-state index in [2.05, 4.69) is 0 Å². The molecule has 24 heavy (non-hydrogen) atoms. The van der Waals surface area contributed by atoms with Crippen LogP contribution < -0.4 is 0 Å². The van der Waals surface area contributed by atoms with Crippen LogP contribution in [0.15, 0.2) is 11.5 Å². The van der Waals surface area contributed by atoms with Crippen molar-refractivity contribution in [1.82, 2.24) is 0 Å². The second-order valence-corrected chi connectivity index (χ2v) is 5.29. The summed E-state index contributed by atoms with van der Waals surface area (Å²) in [6, 6.07) is 0. The van der Waals surface area contributed by atoms with Gasteiger partial charge in [-0.05, 0) is 0 Å². The highest BCUT2D eigenvalue weighted by Crippen LogP contribution is 2.30. The van der Waals surface area contributed by atoms with Gasteiger partial charge < -0.3 is 49.6 Å². The van der Waals surface area contributed by atoms with Crippen molar-refractivity contribution in [2.75, 3.05) is 20.3 Å². The number of cyclic esters (lactones) is 1. The van der Waals surface area contributed by atoms with Crippen molar-refractivity contribution in [3.05, 3.63) is 11.5 Å². The first-order valence-corrected chi connectivity index (χ1v) is 7.10. The van der Waals surface area contributed by atoms with Crippen LogP contribution in [-0.4, -0.2) is 99.8 Å². The third-order valence-corrected chi connectivity index (χ3v) is 3.74. The van der Waals surface area contributed by atoms with Gasteiger partial charge in [0.15, 0.2) is 11.9 Å². The Bertz CT molecular complexity index is 490. The molecular formula is C13H20O11. The van der Waals surface area contributed by atoms with Crippen LogP contribution in [0.2, 0.25) is 0 Å². The summed E-state index contributed by atoms with van der Waals surface area (Å²) in [5.74, 6) is -1.81. The lowest BCUT2D eigenvalue weighted by Crippen LogP contribution is -2.59. The molecule has 2 rings (SSSR count). The van der Waals surface area contributed by atoms with Crippen LogP contribution in [0.3, 0.4) is 0 Å². The lowest BCUT2D eigenvalue weighted by Gasteiger charge is -2.39. The summed E-state index contributed by atoms with van der Waals surface area (Å²) in [6.07, 6.45) is -10.6. The molecule has 2 aliphatic heterocycles. The highest BCUT2D eigenvalue weighted by atomic mass is 16.7. The first-order chi connectivity index (χ1) is 11.3. The van der Waals surface area contributed by atoms with E-state index in [-0.39, 0.29) is 5.76 Å². The summed E-state index contributed by atoms with van der Waals surface area (Å²) in [6.45, 7) is -1.38. The number of aliphatic hydroxyl groups is 6. The number of hydrogen-bond donors (Lipinski definition) is 6. The fourth-order valence-corrected chi connectivity index (χ4v) is 2.40. The number of rotatable bonds is 6. The molecule has 1 saturated heterocycles. The molecule has 0 spiro atoms. The third kappa shape index (κ3) is 3.32. The van der Waals surface area contributed by atoms with E-state index in [0.29, 0.717) is 0 Å². The number of carbonyl (C=O) groups excluding carboxylic acids is 1. The van der Waals surface area contributed by atoms with Gasteiger partial charge in [-0.25, -0.2) is 4.79 Å². The standard InChI is InChI=1S/C13H20O11/c1-21-10-9(4(16)2-14)23-12(20)11(10)24-13-8(19)7(18)6(17)5(3-15)22-13/h4-9,13-19H,2-3H2,1H3/t4-,5+,6+,7-,8+,9+,13?/m0/s1. The van der Waals surface area contributed by atoms with E-state index in [4.69, 9.17) is 29.2 Å². The fourth-order valence-electron chi connectivity index (χ4n) is 2.40. The third-order valence-electron chi connectivity index (χ3n) is 3.74. The van der Waals surface area contributed by atoms with E-state index in [1.807, 2.05) is 0 Å². The minimum absolute atomic E-state index is 0.237. The molecule has 0 aromatic heterocycles. The van der Waals surface area contributed by atoms with E-state index in [1.165, 1.54) is 7.11 Å². The van der Waals surface area contributed by atoms with Crippen molar-refractivity contribution in [3.63, 3.8) is 0 Å². The molecule has 0 aromatic carbocycles. The number of carbonyl (C=O) groups is 1. The molecule has 0 aliphatic carbocycles. The van der Waals surface area contributed by atoms with E-state index < -0.39 is 67.9 Å². The lowest BCUT2D eigenvalue weighted by molar-refractivity contribution is -0.291. The van der Waals surface area contributed by atoms with E-state index in [1.54, 1.807) is 0 Å². The Hall–Kier alpha value is -1.47. The summed E-state index contributed by atoms with van der Waals surface area (Å²) in [4.78, 5) is 11.9. The first kappa shape index (κ1) is 18.9. The molecule has 2 heterocycles. The fraction of sp³-hybridized carbons (Fsp3) is 0.769. The predicted molar refractivity (Wildman–Crippen MR) is 71.9 cm³/mol. The van der Waals surface area contributed by atoms with Crippen LogP contribution >= 0.6 is 0 Å². The molecule has 138 valence electrons. The molecule has 0 amide bonds. The van der Waals surface area contributed by atoms with Crippen LogP contribution in [0.4, 0.5) is 0 Å². The largest absolute Gasteiger partial charge is 0.493 e. The van der Waals surface area contributed by atoms with Crippen molar-refractivity contribution in [3.8, 4) is 0 Å². The zero-order valence-corrected chi connectivity index (χ0v) is 12.7. The predicted octanol–water partition coefficient (Wildman–Crippen LogP) is -4.06. The Balaban J connectivity index is 2.22. The molecule has 6 N–H and O–H groups in total. The summed E-state index contributed by atoms with van der Waals surface area (Å²) in [7, 11) is 1.17. The molecule has 0 aromatic rings. The summed E-state index contributed by atoms with van der Waals surface area (Å²) < 4.78 is 20.1. The minimum Gasteiger partial charge on any atom is -0.493 e. The van der Waals surface area contributed by atoms with Crippen molar-refractivity contribution in [2.24, 2.45) is 0 Å². The molecule has 11 nitrogen and oxygen atoms in total. The first-order valence-electron chi connectivity index (χ1n) is 7.10. The van der Waals surface area contributed by atoms with Gasteiger partial charge in [0.05, 0.1) is 20.3 Å². The number of methoxy groups -OCH3 is 1. The number of esters is 1. The van der Waals surface area contributed by atoms with Crippen LogP contribution in [0.25, 0.3) is 0 Å². The number of aliphatic hydroxyl groups excluding tert-OH is 6. The Morgan fingerprint density at radius 3 is 2.38 bits per heavy atom. The van der Waals surface area contributed by atoms with Crippen LogP contribution in [0.5, 0.6) is 0 Å². The smallest absolute Gasteiger partial charge is 0.378 e. The van der Waals surface area contributed by atoms with Crippen LogP contribution in [0, 0.1) is 0 Å². The number of hydrogen-bond acceptors (Lipinski definition) is 11. The van der Waals surface area contributed by atoms with Gasteiger partial charge in [-0.1, -0.05) is 0 Å². The molecule has 1 unspecified atom stereocenters. The van der Waals surface area contributed by atoms with Gasteiger partial charge in [0, 0.05) is 0 Å². The van der Waals surface area contributed by atoms with Crippen LogP contribution in [-0.2, 0) is 23.7 Å². The molecule has 0 radical (unpaired) electrons. The second-order valence-electron chi connectivity index (χ2n) is 5.29. The highest BCUT2D eigenvalue weighted by molar-refractivity contribution is 5.89. The molecule has 2 aliphatic rings. The molecule has 0 saturated carbocycles. The summed E-state index contributed by atoms with van der Waals surface area (Å²) in [5, 5.41) is 57.0. The van der Waals surface area contributed by atoms with Gasteiger partial charge in [0.25, 0.3) is 0 Å². The Morgan fingerprint density at radius 1 is 1.17 bits per heavy atom. The topological polar surface area (TPSA) is 175 Å². The molecule has 7 atom stereocenters. The molecule has 11 heteroatoms. The van der Waals surface area contributed by atoms with E-state index >= 15 is 0 Å². The van der Waals surface area contributed by atoms with Crippen LogP contribution in [0.1, 0.15) is 0 Å². The highest BCUT2D eigenvalue weighted by Gasteiger charge is 2.48. The quantitative estimate of drug-likeness (QED) is 0.256. The van der Waals surface area contributed by atoms with Crippen molar-refractivity contribution < 1.29 is 54.4 Å². The number of ether oxygens (including phenoxy) is 4. The monoisotopic (exact) mass is 352 g/mol. The average Bonchev–Trinajstić information content (AvgIpc) is 2.90. The van der Waals surface area contributed by atoms with E-state index in [0.717, 1.165) is 0 Å². The SMILES string of the molecule is COC1=C(OC2O[C@H](CO)[C@@H](O)[C@H](O)[C@H]2O)C(=O)O[C@@H]1[C@@H](O)CO. The van der Waals surface area contributed by atoms with E-state index in [9.17, 15) is 25.2 Å². The average molecular weight is 352 g/mol. The lowest BCUT2D eigenvalue weighted by atomic mass is 9.99. The van der Waals surface area contributed by atoms with Gasteiger partial charge in [-0.15, -0.1) is 0 Å². The maximum Gasteiger partial charge on any atom is 0.378 e. The van der Waals surface area contributed by atoms with Gasteiger partial charge in [0.2, 0.25) is 12.0 Å². The molecule has 1 fully saturated rings. The zero-order valence-electron chi connectivity index (χ0n) is 12.7. The Labute approximate surface area is 136 Å². The second kappa shape index (κ2) is 7.61. The Kier molecular flexibility index (Phi) is 5.98. The maximum atomic E-state index is 11.9. The zero-order chi connectivity index (χ0) is 18.0. The Morgan fingerprint density at radius 2 is 1.83 bits per heavy atom. The van der Waals surface area contributed by atoms with Gasteiger partial charge >= 0.3 is 5.97 Å². The van der Waals surface area contributed by atoms with Crippen molar-refractivity contribution in [1.29, 1.82) is 0 Å². The van der Waals surface area contributed by atoms with Gasteiger partial charge in [0.1, 0.15) is 30.5 Å². The normalized spacial score (nSPS) is 38.0. The molecular weight excluding hydrogens is 332 g/mol. The van der Waals surface area contributed by atoms with Gasteiger partial charge in [-0.3, -0.25) is 0 Å². The van der Waals surface area contributed by atoms with Gasteiger partial charge in [-0.2, -0.15) is 0 Å². The summed E-state index contributed by atoms with van der Waals surface area (Å²) >= 11 is 0. The molecule has 0 bridgehead atoms. The maximum absolute atomic E-state index is 11.9. The van der Waals surface area contributed by atoms with Crippen molar-refractivity contribution >= 4 is 5.97 Å². The minimum atomic E-state index is -1.73.